The molecule has 1 fully saturated rings. The smallest absolute Gasteiger partial charge is 0.295 e. The van der Waals surface area contributed by atoms with Gasteiger partial charge in [-0.2, -0.15) is 0 Å². The Balaban J connectivity index is 1.53. The predicted molar refractivity (Wildman–Crippen MR) is 154 cm³/mol. The van der Waals surface area contributed by atoms with Crippen molar-refractivity contribution in [3.05, 3.63) is 136 Å². The van der Waals surface area contributed by atoms with Gasteiger partial charge in [-0.05, 0) is 78.9 Å². The fourth-order valence-electron chi connectivity index (χ4n) is 5.05. The zero-order valence-corrected chi connectivity index (χ0v) is 22.7. The highest BCUT2D eigenvalue weighted by atomic mass is 16.5. The van der Waals surface area contributed by atoms with Crippen molar-refractivity contribution in [2.24, 2.45) is 0 Å². The normalized spacial score (nSPS) is 16.4. The number of aromatic hydroxyl groups is 1. The molecule has 1 aliphatic heterocycles. The number of likely N-dealkylation sites (tertiary alicyclic amines) is 1. The van der Waals surface area contributed by atoms with E-state index >= 15 is 0 Å². The number of benzene rings is 4. The van der Waals surface area contributed by atoms with Crippen LogP contribution in [0.15, 0.2) is 96.6 Å². The molecule has 0 spiro atoms. The van der Waals surface area contributed by atoms with Crippen LogP contribution >= 0.6 is 0 Å². The molecule has 1 heterocycles. The van der Waals surface area contributed by atoms with Gasteiger partial charge in [-0.15, -0.1) is 0 Å². The zero-order valence-electron chi connectivity index (χ0n) is 22.7. The number of aliphatic hydroxyl groups is 1. The van der Waals surface area contributed by atoms with Gasteiger partial charge in [0, 0.05) is 12.1 Å². The van der Waals surface area contributed by atoms with Gasteiger partial charge in [0.25, 0.3) is 11.7 Å². The zero-order chi connectivity index (χ0) is 28.4. The number of rotatable bonds is 7. The van der Waals surface area contributed by atoms with Crippen LogP contribution in [0.25, 0.3) is 5.76 Å². The van der Waals surface area contributed by atoms with E-state index in [1.807, 2.05) is 69.3 Å². The molecule has 1 saturated heterocycles. The molecule has 4 aromatic rings. The minimum atomic E-state index is -0.824. The molecule has 2 N–H and O–H groups in total. The van der Waals surface area contributed by atoms with E-state index in [-0.39, 0.29) is 23.6 Å². The molecular weight excluding hydrogens is 502 g/mol. The summed E-state index contributed by atoms with van der Waals surface area (Å²) in [5.41, 5.74) is 5.82. The summed E-state index contributed by atoms with van der Waals surface area (Å²) in [5, 5.41) is 21.4. The third-order valence-electron chi connectivity index (χ3n) is 7.28. The first-order valence-corrected chi connectivity index (χ1v) is 13.1. The molecule has 202 valence electrons. The fraction of sp³-hybridized carbons (Fsp3) is 0.176. The number of carbonyl (C=O) groups is 2. The number of ketones is 1. The molecule has 4 aromatic carbocycles. The standard InChI is InChI=1S/C34H31NO5/c1-21-9-10-22(2)27(17-21)19-35-31(25-11-14-28(36)15-12-25)30(33(38)34(35)39)32(37)26-13-16-29(23(3)18-26)40-20-24-7-5-4-6-8-24/h4-18,31,36-37H,19-20H2,1-3H3/b32-30-. The van der Waals surface area contributed by atoms with Gasteiger partial charge >= 0.3 is 0 Å². The molecule has 1 amide bonds. The number of phenolic OH excluding ortho intramolecular Hbond substituents is 1. The molecule has 1 unspecified atom stereocenters. The van der Waals surface area contributed by atoms with E-state index in [4.69, 9.17) is 4.74 Å². The van der Waals surface area contributed by atoms with Crippen LogP contribution in [-0.2, 0) is 22.7 Å². The highest BCUT2D eigenvalue weighted by Crippen LogP contribution is 2.41. The summed E-state index contributed by atoms with van der Waals surface area (Å²) in [4.78, 5) is 28.3. The number of aliphatic hydroxyl groups excluding tert-OH is 1. The lowest BCUT2D eigenvalue weighted by Crippen LogP contribution is -2.29. The first-order chi connectivity index (χ1) is 19.2. The van der Waals surface area contributed by atoms with Gasteiger partial charge in [-0.1, -0.05) is 66.2 Å². The van der Waals surface area contributed by atoms with Crippen LogP contribution in [-0.4, -0.2) is 26.8 Å². The first kappa shape index (κ1) is 26.8. The molecule has 6 heteroatoms. The number of nitrogens with zero attached hydrogens (tertiary/aromatic N) is 1. The van der Waals surface area contributed by atoms with E-state index < -0.39 is 17.7 Å². The molecule has 0 aliphatic carbocycles. The van der Waals surface area contributed by atoms with Crippen molar-refractivity contribution in [3.8, 4) is 11.5 Å². The molecule has 1 aliphatic rings. The van der Waals surface area contributed by atoms with Crippen molar-refractivity contribution >= 4 is 17.4 Å². The van der Waals surface area contributed by atoms with Gasteiger partial charge in [0.1, 0.15) is 23.9 Å². The molecular formula is C34H31NO5. The van der Waals surface area contributed by atoms with Gasteiger partial charge in [0.2, 0.25) is 0 Å². The summed E-state index contributed by atoms with van der Waals surface area (Å²) in [7, 11) is 0. The number of phenols is 1. The molecule has 1 atom stereocenters. The Morgan fingerprint density at radius 3 is 2.27 bits per heavy atom. The summed E-state index contributed by atoms with van der Waals surface area (Å²) in [5.74, 6) is -0.955. The predicted octanol–water partition coefficient (Wildman–Crippen LogP) is 6.52. The van der Waals surface area contributed by atoms with Gasteiger partial charge in [-0.3, -0.25) is 9.59 Å². The van der Waals surface area contributed by atoms with Crippen molar-refractivity contribution in [3.63, 3.8) is 0 Å². The SMILES string of the molecule is Cc1ccc(C)c(CN2C(=O)C(=O)/C(=C(\O)c3ccc(OCc4ccccc4)c(C)c3)C2c2ccc(O)cc2)c1. The highest BCUT2D eigenvalue weighted by molar-refractivity contribution is 6.46. The fourth-order valence-corrected chi connectivity index (χ4v) is 5.05. The summed E-state index contributed by atoms with van der Waals surface area (Å²) < 4.78 is 5.98. The minimum absolute atomic E-state index is 0.0124. The second-order valence-corrected chi connectivity index (χ2v) is 10.2. The van der Waals surface area contributed by atoms with Gasteiger partial charge in [0.15, 0.2) is 0 Å². The number of ether oxygens (including phenoxy) is 1. The molecule has 0 radical (unpaired) electrons. The molecule has 6 nitrogen and oxygen atoms in total. The largest absolute Gasteiger partial charge is 0.508 e. The van der Waals surface area contributed by atoms with E-state index in [0.29, 0.717) is 23.5 Å². The molecule has 0 bridgehead atoms. The molecule has 0 aromatic heterocycles. The second kappa shape index (κ2) is 11.1. The quantitative estimate of drug-likeness (QED) is 0.160. The lowest BCUT2D eigenvalue weighted by Gasteiger charge is -2.26. The average molecular weight is 534 g/mol. The number of carbonyl (C=O) groups excluding carboxylic acids is 2. The number of aryl methyl sites for hydroxylation is 3. The lowest BCUT2D eigenvalue weighted by molar-refractivity contribution is -0.140. The summed E-state index contributed by atoms with van der Waals surface area (Å²) in [6.45, 7) is 6.41. The van der Waals surface area contributed by atoms with Crippen LogP contribution in [0.1, 0.15) is 45.0 Å². The Bertz CT molecular complexity index is 1610. The van der Waals surface area contributed by atoms with Crippen LogP contribution in [0.2, 0.25) is 0 Å². The molecule has 0 saturated carbocycles. The van der Waals surface area contributed by atoms with Crippen molar-refractivity contribution in [2.75, 3.05) is 0 Å². The first-order valence-electron chi connectivity index (χ1n) is 13.1. The van der Waals surface area contributed by atoms with E-state index in [1.165, 1.54) is 17.0 Å². The number of Topliss-reactive ketones (excluding diaryl/α,β-unsaturated/α-hetero) is 1. The third kappa shape index (κ3) is 5.34. The van der Waals surface area contributed by atoms with Crippen LogP contribution < -0.4 is 4.74 Å². The number of amides is 1. The van der Waals surface area contributed by atoms with E-state index in [9.17, 15) is 19.8 Å². The van der Waals surface area contributed by atoms with E-state index in [2.05, 4.69) is 0 Å². The molecule has 40 heavy (non-hydrogen) atoms. The monoisotopic (exact) mass is 533 g/mol. The molecule has 5 rings (SSSR count). The number of hydrogen-bond acceptors (Lipinski definition) is 5. The summed E-state index contributed by atoms with van der Waals surface area (Å²) in [6.07, 6.45) is 0. The van der Waals surface area contributed by atoms with Crippen molar-refractivity contribution in [2.45, 2.75) is 40.0 Å². The summed E-state index contributed by atoms with van der Waals surface area (Å²) >= 11 is 0. The second-order valence-electron chi connectivity index (χ2n) is 10.2. The van der Waals surface area contributed by atoms with Crippen LogP contribution in [0, 0.1) is 20.8 Å². The number of hydrogen-bond donors (Lipinski definition) is 2. The van der Waals surface area contributed by atoms with Crippen LogP contribution in [0.3, 0.4) is 0 Å². The van der Waals surface area contributed by atoms with Gasteiger partial charge in [-0.25, -0.2) is 0 Å². The average Bonchev–Trinajstić information content (AvgIpc) is 3.20. The Labute approximate surface area is 233 Å². The Hall–Kier alpha value is -4.84. The Kier molecular flexibility index (Phi) is 7.43. The Morgan fingerprint density at radius 1 is 0.850 bits per heavy atom. The topological polar surface area (TPSA) is 87.1 Å². The maximum absolute atomic E-state index is 13.5. The van der Waals surface area contributed by atoms with Gasteiger partial charge < -0.3 is 19.8 Å². The Morgan fingerprint density at radius 2 is 1.57 bits per heavy atom. The van der Waals surface area contributed by atoms with Crippen molar-refractivity contribution < 1.29 is 24.5 Å². The summed E-state index contributed by atoms with van der Waals surface area (Å²) in [6, 6.07) is 26.5. The van der Waals surface area contributed by atoms with Gasteiger partial charge in [0.05, 0.1) is 11.6 Å². The van der Waals surface area contributed by atoms with Crippen molar-refractivity contribution in [1.82, 2.24) is 4.90 Å². The maximum atomic E-state index is 13.5. The van der Waals surface area contributed by atoms with E-state index in [1.54, 1.807) is 30.3 Å². The van der Waals surface area contributed by atoms with Crippen LogP contribution in [0.4, 0.5) is 0 Å². The third-order valence-corrected chi connectivity index (χ3v) is 7.28. The minimum Gasteiger partial charge on any atom is -0.508 e. The highest BCUT2D eigenvalue weighted by Gasteiger charge is 2.46. The lowest BCUT2D eigenvalue weighted by atomic mass is 9.94. The maximum Gasteiger partial charge on any atom is 0.295 e. The van der Waals surface area contributed by atoms with E-state index in [0.717, 1.165) is 27.8 Å². The van der Waals surface area contributed by atoms with Crippen LogP contribution in [0.5, 0.6) is 11.5 Å². The van der Waals surface area contributed by atoms with Crippen molar-refractivity contribution in [1.29, 1.82) is 0 Å².